The Morgan fingerprint density at radius 2 is 1.80 bits per heavy atom. The topological polar surface area (TPSA) is 128 Å². The minimum atomic E-state index is -1.04. The second-order valence-electron chi connectivity index (χ2n) is 11.4. The van der Waals surface area contributed by atoms with Gasteiger partial charge in [-0.2, -0.15) is 11.8 Å². The molecule has 5 atom stereocenters. The van der Waals surface area contributed by atoms with Gasteiger partial charge in [-0.25, -0.2) is 4.79 Å². The van der Waals surface area contributed by atoms with Crippen LogP contribution in [0.4, 0.5) is 4.79 Å². The summed E-state index contributed by atoms with van der Waals surface area (Å²) in [6.45, 7) is 5.43. The molecule has 5 N–H and O–H groups in total. The fourth-order valence-electron chi connectivity index (χ4n) is 4.94. The van der Waals surface area contributed by atoms with E-state index >= 15 is 0 Å². The maximum absolute atomic E-state index is 13.6. The minimum absolute atomic E-state index is 0.0950. The molecule has 1 aliphatic rings. The molecular weight excluding hydrogens is 540 g/mol. The first-order valence-corrected chi connectivity index (χ1v) is 15.3. The van der Waals surface area contributed by atoms with Crippen LogP contribution in [0.5, 0.6) is 0 Å². The van der Waals surface area contributed by atoms with Crippen LogP contribution in [0.2, 0.25) is 0 Å². The van der Waals surface area contributed by atoms with Crippen molar-refractivity contribution in [3.63, 3.8) is 0 Å². The van der Waals surface area contributed by atoms with Crippen molar-refractivity contribution in [2.75, 3.05) is 18.1 Å². The van der Waals surface area contributed by atoms with Gasteiger partial charge >= 0.3 is 6.09 Å². The molecule has 8 nitrogen and oxygen atoms in total. The van der Waals surface area contributed by atoms with Crippen molar-refractivity contribution in [3.8, 4) is 0 Å². The molecule has 0 bridgehead atoms. The van der Waals surface area contributed by atoms with E-state index in [1.807, 2.05) is 66.7 Å². The summed E-state index contributed by atoms with van der Waals surface area (Å²) in [5.74, 6) is 0.447. The number of rotatable bonds is 14. The molecule has 0 aromatic heterocycles. The fourth-order valence-corrected chi connectivity index (χ4v) is 5.51. The molecule has 0 saturated carbocycles. The summed E-state index contributed by atoms with van der Waals surface area (Å²) in [5.41, 5.74) is 2.14. The van der Waals surface area contributed by atoms with Crippen LogP contribution in [0.1, 0.15) is 56.3 Å². The highest BCUT2D eigenvalue weighted by Crippen LogP contribution is 2.32. The molecule has 2 aromatic rings. The highest BCUT2D eigenvalue weighted by molar-refractivity contribution is 7.99. The van der Waals surface area contributed by atoms with Crippen LogP contribution in [0.15, 0.2) is 66.7 Å². The molecule has 224 valence electrons. The summed E-state index contributed by atoms with van der Waals surface area (Å²) in [6.07, 6.45) is 2.75. The standard InChI is InChI=1S/C32H44N2O6S/c1-32(2,3)40-31(39)33-26(19-22-11-5-4-6-12-22)27(36)21-24(14-9-10-17-41-18-16-35)30(38)34-29-25-15-8-7-13-23(25)20-28(29)37/h4-13,15,24,26-29,35-37H,14,16-21H2,1-3H3,(H,33,39)(H,34,38)/t24-,26+,27+,28-,29+/m1/s1. The lowest BCUT2D eigenvalue weighted by atomic mass is 9.90. The van der Waals surface area contributed by atoms with E-state index in [1.54, 1.807) is 32.5 Å². The van der Waals surface area contributed by atoms with Gasteiger partial charge in [0.1, 0.15) is 5.60 Å². The van der Waals surface area contributed by atoms with Crippen LogP contribution >= 0.6 is 11.8 Å². The van der Waals surface area contributed by atoms with E-state index in [0.29, 0.717) is 30.8 Å². The van der Waals surface area contributed by atoms with E-state index in [2.05, 4.69) is 10.6 Å². The molecule has 0 spiro atoms. The van der Waals surface area contributed by atoms with Gasteiger partial charge in [-0.3, -0.25) is 4.79 Å². The van der Waals surface area contributed by atoms with Gasteiger partial charge in [-0.05, 0) is 56.7 Å². The van der Waals surface area contributed by atoms with E-state index in [-0.39, 0.29) is 18.9 Å². The number of ether oxygens (including phenoxy) is 1. The van der Waals surface area contributed by atoms with Crippen LogP contribution < -0.4 is 10.6 Å². The van der Waals surface area contributed by atoms with Crippen molar-refractivity contribution in [1.29, 1.82) is 0 Å². The average molecular weight is 585 g/mol. The van der Waals surface area contributed by atoms with Gasteiger partial charge in [-0.1, -0.05) is 66.7 Å². The lowest BCUT2D eigenvalue weighted by Crippen LogP contribution is -2.48. The number of hydrogen-bond acceptors (Lipinski definition) is 7. The van der Waals surface area contributed by atoms with Crippen molar-refractivity contribution in [2.24, 2.45) is 5.92 Å². The highest BCUT2D eigenvalue weighted by atomic mass is 32.2. The SMILES string of the molecule is CC(C)(C)OC(=O)N[C@@H](Cc1ccccc1)[C@@H](O)C[C@@H](CC=CCSCCO)C(=O)N[C@H]1c2ccccc2C[C@H]1O. The largest absolute Gasteiger partial charge is 0.444 e. The number of hydrogen-bond donors (Lipinski definition) is 5. The molecule has 3 rings (SSSR count). The van der Waals surface area contributed by atoms with Crippen molar-refractivity contribution in [1.82, 2.24) is 10.6 Å². The summed E-state index contributed by atoms with van der Waals surface area (Å²) in [7, 11) is 0. The Morgan fingerprint density at radius 1 is 1.10 bits per heavy atom. The maximum Gasteiger partial charge on any atom is 0.407 e. The number of carbonyl (C=O) groups is 2. The molecular formula is C32H44N2O6S. The van der Waals surface area contributed by atoms with Gasteiger partial charge in [-0.15, -0.1) is 0 Å². The quantitative estimate of drug-likeness (QED) is 0.168. The van der Waals surface area contributed by atoms with E-state index in [9.17, 15) is 19.8 Å². The zero-order chi connectivity index (χ0) is 29.8. The highest BCUT2D eigenvalue weighted by Gasteiger charge is 2.35. The third kappa shape index (κ3) is 10.8. The Hall–Kier alpha value is -2.85. The monoisotopic (exact) mass is 584 g/mol. The molecule has 0 fully saturated rings. The average Bonchev–Trinajstić information content (AvgIpc) is 3.23. The Kier molecular flexibility index (Phi) is 12.7. The third-order valence-electron chi connectivity index (χ3n) is 6.90. The molecule has 0 aliphatic heterocycles. The van der Waals surface area contributed by atoms with Crippen LogP contribution in [-0.4, -0.2) is 69.3 Å². The fraction of sp³-hybridized carbons (Fsp3) is 0.500. The van der Waals surface area contributed by atoms with Gasteiger partial charge in [0.15, 0.2) is 0 Å². The number of alkyl carbamates (subject to hydrolysis) is 1. The van der Waals surface area contributed by atoms with Gasteiger partial charge in [0.2, 0.25) is 5.91 Å². The Morgan fingerprint density at radius 3 is 2.51 bits per heavy atom. The van der Waals surface area contributed by atoms with Gasteiger partial charge in [0.05, 0.1) is 30.9 Å². The zero-order valence-electron chi connectivity index (χ0n) is 24.2. The summed E-state index contributed by atoms with van der Waals surface area (Å²) in [5, 5.41) is 37.0. The molecule has 0 radical (unpaired) electrons. The molecule has 0 heterocycles. The second kappa shape index (κ2) is 16.0. The molecule has 0 unspecified atom stereocenters. The van der Waals surface area contributed by atoms with Crippen molar-refractivity contribution < 1.29 is 29.6 Å². The summed E-state index contributed by atoms with van der Waals surface area (Å²) in [6, 6.07) is 16.0. The molecule has 9 heteroatoms. The number of amides is 2. The van der Waals surface area contributed by atoms with Crippen LogP contribution in [0.25, 0.3) is 0 Å². The van der Waals surface area contributed by atoms with E-state index in [0.717, 1.165) is 16.7 Å². The number of fused-ring (bicyclic) bond motifs is 1. The van der Waals surface area contributed by atoms with Gasteiger partial charge < -0.3 is 30.7 Å². The first-order valence-electron chi connectivity index (χ1n) is 14.2. The minimum Gasteiger partial charge on any atom is -0.444 e. The summed E-state index contributed by atoms with van der Waals surface area (Å²) in [4.78, 5) is 26.3. The maximum atomic E-state index is 13.6. The Bertz CT molecular complexity index is 1140. The molecule has 0 saturated heterocycles. The Labute approximate surface area is 247 Å². The lowest BCUT2D eigenvalue weighted by Gasteiger charge is -2.29. The van der Waals surface area contributed by atoms with Crippen molar-refractivity contribution in [2.45, 2.75) is 76.3 Å². The number of aliphatic hydroxyl groups excluding tert-OH is 3. The van der Waals surface area contributed by atoms with Crippen LogP contribution in [0.3, 0.4) is 0 Å². The number of thioether (sulfide) groups is 1. The predicted octanol–water partition coefficient (Wildman–Crippen LogP) is 3.94. The molecule has 2 aromatic carbocycles. The smallest absolute Gasteiger partial charge is 0.407 e. The van der Waals surface area contributed by atoms with E-state index in [4.69, 9.17) is 9.84 Å². The van der Waals surface area contributed by atoms with Crippen LogP contribution in [0, 0.1) is 5.92 Å². The summed E-state index contributed by atoms with van der Waals surface area (Å²) >= 11 is 1.58. The lowest BCUT2D eigenvalue weighted by molar-refractivity contribution is -0.127. The zero-order valence-corrected chi connectivity index (χ0v) is 25.0. The Balaban J connectivity index is 1.77. The third-order valence-corrected chi connectivity index (χ3v) is 7.80. The number of allylic oxidation sites excluding steroid dienone is 1. The molecule has 1 aliphatic carbocycles. The van der Waals surface area contributed by atoms with Crippen molar-refractivity contribution in [3.05, 3.63) is 83.4 Å². The second-order valence-corrected chi connectivity index (χ2v) is 12.6. The van der Waals surface area contributed by atoms with E-state index in [1.165, 1.54) is 0 Å². The molecule has 41 heavy (non-hydrogen) atoms. The normalized spacial score (nSPS) is 18.9. The van der Waals surface area contributed by atoms with Crippen molar-refractivity contribution >= 4 is 23.8 Å². The first-order chi connectivity index (χ1) is 19.6. The van der Waals surface area contributed by atoms with Gasteiger partial charge in [0.25, 0.3) is 0 Å². The predicted molar refractivity (Wildman–Crippen MR) is 163 cm³/mol. The van der Waals surface area contributed by atoms with Crippen LogP contribution in [-0.2, 0) is 22.4 Å². The number of aliphatic hydroxyl groups is 3. The first kappa shape index (κ1) is 32.7. The number of benzene rings is 2. The molecule has 2 amide bonds. The number of nitrogens with one attached hydrogen (secondary N) is 2. The number of carbonyl (C=O) groups excluding carboxylic acids is 2. The van der Waals surface area contributed by atoms with Gasteiger partial charge in [0, 0.05) is 23.8 Å². The summed E-state index contributed by atoms with van der Waals surface area (Å²) < 4.78 is 5.45. The van der Waals surface area contributed by atoms with E-state index < -0.39 is 41.9 Å².